The highest BCUT2D eigenvalue weighted by molar-refractivity contribution is 6.30. The van der Waals surface area contributed by atoms with Crippen LogP contribution in [0.3, 0.4) is 0 Å². The summed E-state index contributed by atoms with van der Waals surface area (Å²) in [6.07, 6.45) is 1.52. The molecule has 13 heavy (non-hydrogen) atoms. The van der Waals surface area contributed by atoms with Gasteiger partial charge < -0.3 is 9.15 Å². The van der Waals surface area contributed by atoms with Gasteiger partial charge >= 0.3 is 0 Å². The Labute approximate surface area is 79.5 Å². The van der Waals surface area contributed by atoms with Crippen LogP contribution in [0.4, 0.5) is 0 Å². The van der Waals surface area contributed by atoms with E-state index < -0.39 is 0 Å². The number of aromatic nitrogens is 2. The lowest BCUT2D eigenvalue weighted by atomic mass is 10.4. The number of pyridine rings is 1. The fourth-order valence-electron chi connectivity index (χ4n) is 1.03. The van der Waals surface area contributed by atoms with Crippen LogP contribution in [-0.2, 0) is 11.3 Å². The summed E-state index contributed by atoms with van der Waals surface area (Å²) in [4.78, 5) is 8.09. The summed E-state index contributed by atoms with van der Waals surface area (Å²) in [6, 6.07) is 1.70. The quantitative estimate of drug-likeness (QED) is 0.741. The normalized spacial score (nSPS) is 10.9. The number of halogens is 1. The molecule has 2 rings (SSSR count). The van der Waals surface area contributed by atoms with Crippen molar-refractivity contribution < 1.29 is 9.15 Å². The average Bonchev–Trinajstić information content (AvgIpc) is 2.46. The van der Waals surface area contributed by atoms with E-state index >= 15 is 0 Å². The van der Waals surface area contributed by atoms with Crippen molar-refractivity contribution in [1.82, 2.24) is 9.97 Å². The van der Waals surface area contributed by atoms with Crippen LogP contribution >= 0.6 is 11.6 Å². The van der Waals surface area contributed by atoms with Crippen molar-refractivity contribution >= 4 is 22.8 Å². The van der Waals surface area contributed by atoms with Gasteiger partial charge in [0.15, 0.2) is 0 Å². The summed E-state index contributed by atoms with van der Waals surface area (Å²) in [6.45, 7) is 0.341. The molecule has 0 spiro atoms. The third-order valence-corrected chi connectivity index (χ3v) is 1.73. The van der Waals surface area contributed by atoms with Crippen molar-refractivity contribution in [2.75, 3.05) is 7.11 Å². The third kappa shape index (κ3) is 1.64. The highest BCUT2D eigenvalue weighted by Gasteiger charge is 2.06. The maximum Gasteiger partial charge on any atom is 0.247 e. The van der Waals surface area contributed by atoms with Crippen molar-refractivity contribution in [1.29, 1.82) is 0 Å². The zero-order valence-corrected chi connectivity index (χ0v) is 7.71. The Kier molecular flexibility index (Phi) is 2.16. The van der Waals surface area contributed by atoms with Crippen molar-refractivity contribution in [3.8, 4) is 0 Å². The number of ether oxygens (including phenoxy) is 1. The molecule has 0 saturated carbocycles. The van der Waals surface area contributed by atoms with Gasteiger partial charge in [0.1, 0.15) is 12.1 Å². The minimum Gasteiger partial charge on any atom is -0.420 e. The second-order valence-electron chi connectivity index (χ2n) is 2.52. The molecule has 0 aliphatic carbocycles. The molecule has 0 aliphatic heterocycles. The van der Waals surface area contributed by atoms with Gasteiger partial charge in [-0.2, -0.15) is 0 Å². The first-order chi connectivity index (χ1) is 6.29. The first kappa shape index (κ1) is 8.47. The minimum absolute atomic E-state index is 0.341. The van der Waals surface area contributed by atoms with Gasteiger partial charge in [-0.05, 0) is 6.07 Å². The summed E-state index contributed by atoms with van der Waals surface area (Å²) in [5, 5.41) is 0.546. The topological polar surface area (TPSA) is 48.2 Å². The van der Waals surface area contributed by atoms with Crippen molar-refractivity contribution in [3.63, 3.8) is 0 Å². The second-order valence-corrected chi connectivity index (χ2v) is 2.95. The predicted octanol–water partition coefficient (Wildman–Crippen LogP) is 2.02. The van der Waals surface area contributed by atoms with Gasteiger partial charge in [-0.1, -0.05) is 11.6 Å². The Bertz CT molecular complexity index is 427. The number of fused-ring (bicyclic) bond motifs is 1. The summed E-state index contributed by atoms with van der Waals surface area (Å²) in [7, 11) is 1.58. The average molecular weight is 199 g/mol. The number of methoxy groups -OCH3 is 1. The summed E-state index contributed by atoms with van der Waals surface area (Å²) >= 11 is 5.73. The number of nitrogens with zero attached hydrogens (tertiary/aromatic N) is 2. The SMILES string of the molecule is COCc1nc2cc(Cl)cnc2o1. The summed E-state index contributed by atoms with van der Waals surface area (Å²) in [5.41, 5.74) is 1.14. The molecule has 2 aromatic rings. The predicted molar refractivity (Wildman–Crippen MR) is 47.5 cm³/mol. The second kappa shape index (κ2) is 3.32. The molecule has 0 N–H and O–H groups in total. The van der Waals surface area contributed by atoms with Crippen LogP contribution in [0.5, 0.6) is 0 Å². The maximum atomic E-state index is 5.73. The van der Waals surface area contributed by atoms with E-state index in [0.717, 1.165) is 0 Å². The van der Waals surface area contributed by atoms with Crippen LogP contribution in [0.2, 0.25) is 5.02 Å². The lowest BCUT2D eigenvalue weighted by Crippen LogP contribution is -1.85. The molecule has 0 radical (unpaired) electrons. The molecule has 0 bridgehead atoms. The Morgan fingerprint density at radius 1 is 1.62 bits per heavy atom. The Balaban J connectivity index is 2.49. The van der Waals surface area contributed by atoms with Crippen LogP contribution in [0.1, 0.15) is 5.89 Å². The molecule has 0 atom stereocenters. The fraction of sp³-hybridized carbons (Fsp3) is 0.250. The molecule has 4 nitrogen and oxygen atoms in total. The van der Waals surface area contributed by atoms with Gasteiger partial charge in [0.05, 0.1) is 5.02 Å². The van der Waals surface area contributed by atoms with Crippen molar-refractivity contribution in [2.45, 2.75) is 6.61 Å². The summed E-state index contributed by atoms with van der Waals surface area (Å²) < 4.78 is 10.1. The fourth-order valence-corrected chi connectivity index (χ4v) is 1.18. The highest BCUT2D eigenvalue weighted by atomic mass is 35.5. The molecule has 0 amide bonds. The zero-order chi connectivity index (χ0) is 9.26. The zero-order valence-electron chi connectivity index (χ0n) is 6.95. The molecular weight excluding hydrogens is 192 g/mol. The van der Waals surface area contributed by atoms with E-state index in [1.54, 1.807) is 13.2 Å². The molecule has 0 aromatic carbocycles. The van der Waals surface area contributed by atoms with E-state index in [1.165, 1.54) is 6.20 Å². The molecule has 2 aromatic heterocycles. The number of hydrogen-bond acceptors (Lipinski definition) is 4. The smallest absolute Gasteiger partial charge is 0.247 e. The molecule has 68 valence electrons. The van der Waals surface area contributed by atoms with Crippen molar-refractivity contribution in [3.05, 3.63) is 23.2 Å². The molecule has 0 unspecified atom stereocenters. The van der Waals surface area contributed by atoms with Gasteiger partial charge in [0.2, 0.25) is 11.6 Å². The first-order valence-electron chi connectivity index (χ1n) is 3.69. The molecule has 0 fully saturated rings. The van der Waals surface area contributed by atoms with Crippen LogP contribution in [0.15, 0.2) is 16.7 Å². The van der Waals surface area contributed by atoms with E-state index in [-0.39, 0.29) is 0 Å². The lowest BCUT2D eigenvalue weighted by Gasteiger charge is -1.87. The van der Waals surface area contributed by atoms with Crippen LogP contribution in [-0.4, -0.2) is 17.1 Å². The number of rotatable bonds is 2. The van der Waals surface area contributed by atoms with Gasteiger partial charge in [-0.15, -0.1) is 0 Å². The molecule has 2 heterocycles. The van der Waals surface area contributed by atoms with Gasteiger partial charge in [-0.3, -0.25) is 0 Å². The summed E-state index contributed by atoms with van der Waals surface area (Å²) in [5.74, 6) is 0.507. The Morgan fingerprint density at radius 3 is 3.23 bits per heavy atom. The molecule has 0 aliphatic rings. The number of hydrogen-bond donors (Lipinski definition) is 0. The maximum absolute atomic E-state index is 5.73. The Hall–Kier alpha value is -1.13. The monoisotopic (exact) mass is 198 g/mol. The lowest BCUT2D eigenvalue weighted by molar-refractivity contribution is 0.161. The van der Waals surface area contributed by atoms with E-state index in [4.69, 9.17) is 20.8 Å². The van der Waals surface area contributed by atoms with Crippen LogP contribution in [0, 0.1) is 0 Å². The number of oxazole rings is 1. The third-order valence-electron chi connectivity index (χ3n) is 1.53. The standard InChI is InChI=1S/C8H7ClN2O2/c1-12-4-7-11-6-2-5(9)3-10-8(6)13-7/h2-3H,4H2,1H3. The molecule has 0 saturated heterocycles. The first-order valence-corrected chi connectivity index (χ1v) is 4.07. The largest absolute Gasteiger partial charge is 0.420 e. The van der Waals surface area contributed by atoms with E-state index in [2.05, 4.69) is 9.97 Å². The van der Waals surface area contributed by atoms with E-state index in [0.29, 0.717) is 28.8 Å². The molecule has 5 heteroatoms. The highest BCUT2D eigenvalue weighted by Crippen LogP contribution is 2.17. The van der Waals surface area contributed by atoms with Crippen LogP contribution in [0.25, 0.3) is 11.2 Å². The van der Waals surface area contributed by atoms with E-state index in [1.807, 2.05) is 0 Å². The van der Waals surface area contributed by atoms with Gasteiger partial charge in [-0.25, -0.2) is 9.97 Å². The minimum atomic E-state index is 0.341. The molecular formula is C8H7ClN2O2. The van der Waals surface area contributed by atoms with E-state index in [9.17, 15) is 0 Å². The van der Waals surface area contributed by atoms with Crippen LogP contribution < -0.4 is 0 Å². The van der Waals surface area contributed by atoms with Gasteiger partial charge in [0.25, 0.3) is 0 Å². The van der Waals surface area contributed by atoms with Crippen molar-refractivity contribution in [2.24, 2.45) is 0 Å². The van der Waals surface area contributed by atoms with Gasteiger partial charge in [0, 0.05) is 13.3 Å². The Morgan fingerprint density at radius 2 is 2.46 bits per heavy atom.